The predicted molar refractivity (Wildman–Crippen MR) is 138 cm³/mol. The Morgan fingerprint density at radius 2 is 1.75 bits per heavy atom. The first kappa shape index (κ1) is 21.9. The van der Waals surface area contributed by atoms with E-state index >= 15 is 0 Å². The standard InChI is InChI=1S/C29H23N3O4/c1-16-13-14-24(34-18(3)19-9-5-4-6-10-19)25-21(28-31-29(33)36-32-28)15-22(30-26(16)25)27-17(2)20-11-7-8-12-23(20)35-27/h4-15,18H,1-3H3,(H,31,32,33)/t18-/m0/s1. The van der Waals surface area contributed by atoms with Gasteiger partial charge in [0.25, 0.3) is 0 Å². The molecule has 6 rings (SSSR count). The molecule has 0 aliphatic heterocycles. The number of furan rings is 1. The van der Waals surface area contributed by atoms with E-state index in [1.807, 2.05) is 93.6 Å². The van der Waals surface area contributed by atoms with Gasteiger partial charge in [0.05, 0.1) is 10.9 Å². The van der Waals surface area contributed by atoms with Crippen LogP contribution in [0.2, 0.25) is 0 Å². The third-order valence-electron chi connectivity index (χ3n) is 6.47. The molecule has 0 saturated heterocycles. The van der Waals surface area contributed by atoms with Gasteiger partial charge in [0, 0.05) is 16.5 Å². The van der Waals surface area contributed by atoms with Crippen LogP contribution in [0.5, 0.6) is 5.75 Å². The van der Waals surface area contributed by atoms with Crippen LogP contribution >= 0.6 is 0 Å². The summed E-state index contributed by atoms with van der Waals surface area (Å²) in [6.07, 6.45) is -0.210. The first-order valence-corrected chi connectivity index (χ1v) is 11.7. The first-order chi connectivity index (χ1) is 17.5. The molecule has 1 N–H and O–H groups in total. The second kappa shape index (κ2) is 8.53. The molecule has 0 saturated carbocycles. The largest absolute Gasteiger partial charge is 0.485 e. The number of aromatic nitrogens is 3. The lowest BCUT2D eigenvalue weighted by Crippen LogP contribution is -2.05. The van der Waals surface area contributed by atoms with Crippen molar-refractivity contribution in [2.45, 2.75) is 26.9 Å². The molecule has 0 aliphatic carbocycles. The highest BCUT2D eigenvalue weighted by molar-refractivity contribution is 6.01. The average molecular weight is 478 g/mol. The summed E-state index contributed by atoms with van der Waals surface area (Å²) in [5, 5.41) is 5.75. The summed E-state index contributed by atoms with van der Waals surface area (Å²) in [4.78, 5) is 19.6. The van der Waals surface area contributed by atoms with Crippen molar-refractivity contribution in [2.75, 3.05) is 0 Å². The van der Waals surface area contributed by atoms with Gasteiger partial charge in [0.15, 0.2) is 11.6 Å². The first-order valence-electron chi connectivity index (χ1n) is 11.7. The zero-order valence-corrected chi connectivity index (χ0v) is 20.0. The van der Waals surface area contributed by atoms with Crippen LogP contribution in [0.3, 0.4) is 0 Å². The molecule has 0 aliphatic rings. The fraction of sp³-hybridized carbons (Fsp3) is 0.138. The number of H-pyrrole nitrogens is 1. The van der Waals surface area contributed by atoms with Crippen molar-refractivity contribution >= 4 is 21.9 Å². The van der Waals surface area contributed by atoms with E-state index in [0.29, 0.717) is 28.6 Å². The average Bonchev–Trinajstić information content (AvgIpc) is 3.49. The summed E-state index contributed by atoms with van der Waals surface area (Å²) in [5.74, 6) is 0.953. The van der Waals surface area contributed by atoms with Gasteiger partial charge < -0.3 is 9.15 Å². The van der Waals surface area contributed by atoms with Gasteiger partial charge in [-0.3, -0.25) is 9.51 Å². The minimum atomic E-state index is -0.635. The van der Waals surface area contributed by atoms with Gasteiger partial charge in [-0.05, 0) is 50.1 Å². The molecule has 0 spiro atoms. The van der Waals surface area contributed by atoms with Crippen LogP contribution in [0.1, 0.15) is 29.7 Å². The lowest BCUT2D eigenvalue weighted by molar-refractivity contribution is 0.230. The highest BCUT2D eigenvalue weighted by Crippen LogP contribution is 2.40. The second-order valence-electron chi connectivity index (χ2n) is 8.83. The Balaban J connectivity index is 1.60. The molecule has 3 aromatic carbocycles. The third kappa shape index (κ3) is 3.65. The smallest absolute Gasteiger partial charge is 0.439 e. The number of ether oxygens (including phenoxy) is 1. The van der Waals surface area contributed by atoms with E-state index in [2.05, 4.69) is 10.1 Å². The molecule has 0 radical (unpaired) electrons. The Morgan fingerprint density at radius 1 is 0.972 bits per heavy atom. The number of para-hydroxylation sites is 1. The Hall–Kier alpha value is -4.65. The molecule has 3 heterocycles. The highest BCUT2D eigenvalue weighted by atomic mass is 16.5. The van der Waals surface area contributed by atoms with Crippen LogP contribution in [-0.2, 0) is 0 Å². The maximum absolute atomic E-state index is 11.9. The van der Waals surface area contributed by atoms with E-state index in [1.165, 1.54) is 0 Å². The normalized spacial score (nSPS) is 12.3. The zero-order valence-electron chi connectivity index (χ0n) is 20.0. The van der Waals surface area contributed by atoms with Crippen LogP contribution in [0.25, 0.3) is 44.7 Å². The fourth-order valence-corrected chi connectivity index (χ4v) is 4.59. The SMILES string of the molecule is Cc1c(-c2cc(-c3noc(=O)[nH]3)c3c(O[C@@H](C)c4ccccc4)ccc(C)c3n2)oc2ccccc12. The Morgan fingerprint density at radius 3 is 2.50 bits per heavy atom. The van der Waals surface area contributed by atoms with Crippen molar-refractivity contribution in [2.24, 2.45) is 0 Å². The van der Waals surface area contributed by atoms with Gasteiger partial charge in [0.2, 0.25) is 0 Å². The molecule has 0 amide bonds. The van der Waals surface area contributed by atoms with Crippen LogP contribution < -0.4 is 10.5 Å². The van der Waals surface area contributed by atoms with Gasteiger partial charge in [0.1, 0.15) is 23.1 Å². The van der Waals surface area contributed by atoms with E-state index in [1.54, 1.807) is 0 Å². The second-order valence-corrected chi connectivity index (χ2v) is 8.83. The summed E-state index contributed by atoms with van der Waals surface area (Å²) in [6, 6.07) is 23.6. The Labute approximate surface area is 206 Å². The molecule has 3 aromatic heterocycles. The molecule has 6 aromatic rings. The van der Waals surface area contributed by atoms with Gasteiger partial charge in [-0.15, -0.1) is 0 Å². The summed E-state index contributed by atoms with van der Waals surface area (Å²) in [7, 11) is 0. The monoisotopic (exact) mass is 477 g/mol. The Kier molecular flexibility index (Phi) is 5.18. The number of fused-ring (bicyclic) bond motifs is 2. The Bertz CT molecular complexity index is 1780. The summed E-state index contributed by atoms with van der Waals surface area (Å²) >= 11 is 0. The topological polar surface area (TPSA) is 94.2 Å². The van der Waals surface area contributed by atoms with Crippen molar-refractivity contribution in [3.63, 3.8) is 0 Å². The molecule has 0 unspecified atom stereocenters. The van der Waals surface area contributed by atoms with E-state index in [-0.39, 0.29) is 6.10 Å². The molecule has 1 atom stereocenters. The third-order valence-corrected chi connectivity index (χ3v) is 6.47. The van der Waals surface area contributed by atoms with Crippen LogP contribution in [0, 0.1) is 13.8 Å². The predicted octanol–water partition coefficient (Wildman–Crippen LogP) is 6.75. The fourth-order valence-electron chi connectivity index (χ4n) is 4.59. The summed E-state index contributed by atoms with van der Waals surface area (Å²) in [5.41, 5.74) is 5.76. The number of hydrogen-bond donors (Lipinski definition) is 1. The van der Waals surface area contributed by atoms with Gasteiger partial charge in [-0.1, -0.05) is 59.8 Å². The minimum absolute atomic E-state index is 0.210. The van der Waals surface area contributed by atoms with E-state index < -0.39 is 5.76 Å². The number of pyridine rings is 1. The number of rotatable bonds is 5. The highest BCUT2D eigenvalue weighted by Gasteiger charge is 2.22. The lowest BCUT2D eigenvalue weighted by Gasteiger charge is -2.19. The summed E-state index contributed by atoms with van der Waals surface area (Å²) < 4.78 is 17.5. The van der Waals surface area contributed by atoms with Gasteiger partial charge in [-0.25, -0.2) is 9.78 Å². The number of aryl methyl sites for hydroxylation is 2. The minimum Gasteiger partial charge on any atom is -0.485 e. The van der Waals surface area contributed by atoms with Crippen molar-refractivity contribution in [3.05, 3.63) is 100 Å². The number of aromatic amines is 1. The zero-order chi connectivity index (χ0) is 24.8. The molecule has 0 fully saturated rings. The summed E-state index contributed by atoms with van der Waals surface area (Å²) in [6.45, 7) is 6.00. The van der Waals surface area contributed by atoms with E-state index in [4.69, 9.17) is 18.7 Å². The van der Waals surface area contributed by atoms with Crippen LogP contribution in [0.4, 0.5) is 0 Å². The van der Waals surface area contributed by atoms with Crippen LogP contribution in [0.15, 0.2) is 86.5 Å². The maximum atomic E-state index is 11.9. The molecule has 0 bridgehead atoms. The number of benzene rings is 3. The number of nitrogens with one attached hydrogen (secondary N) is 1. The van der Waals surface area contributed by atoms with Crippen molar-refractivity contribution in [3.8, 4) is 28.6 Å². The molecule has 7 nitrogen and oxygen atoms in total. The van der Waals surface area contributed by atoms with Gasteiger partial charge >= 0.3 is 5.76 Å². The van der Waals surface area contributed by atoms with Gasteiger partial charge in [-0.2, -0.15) is 0 Å². The molecular formula is C29H23N3O4. The van der Waals surface area contributed by atoms with E-state index in [0.717, 1.165) is 38.6 Å². The van der Waals surface area contributed by atoms with E-state index in [9.17, 15) is 4.79 Å². The molecule has 178 valence electrons. The maximum Gasteiger partial charge on any atom is 0.439 e. The molecule has 36 heavy (non-hydrogen) atoms. The molecular weight excluding hydrogens is 454 g/mol. The van der Waals surface area contributed by atoms with Crippen molar-refractivity contribution in [1.29, 1.82) is 0 Å². The van der Waals surface area contributed by atoms with Crippen molar-refractivity contribution < 1.29 is 13.7 Å². The van der Waals surface area contributed by atoms with Crippen molar-refractivity contribution in [1.82, 2.24) is 15.1 Å². The number of hydrogen-bond acceptors (Lipinski definition) is 6. The van der Waals surface area contributed by atoms with Crippen LogP contribution in [-0.4, -0.2) is 15.1 Å². The number of nitrogens with zero attached hydrogens (tertiary/aromatic N) is 2. The quantitative estimate of drug-likeness (QED) is 0.295. The lowest BCUT2D eigenvalue weighted by atomic mass is 10.0. The molecule has 7 heteroatoms.